The van der Waals surface area contributed by atoms with Gasteiger partial charge in [0.2, 0.25) is 11.8 Å². The number of hydrogen-bond acceptors (Lipinski definition) is 8. The molecule has 1 saturated carbocycles. The summed E-state index contributed by atoms with van der Waals surface area (Å²) in [6.45, 7) is 2.20. The summed E-state index contributed by atoms with van der Waals surface area (Å²) in [6.07, 6.45) is 3.00. The summed E-state index contributed by atoms with van der Waals surface area (Å²) in [6, 6.07) is 18.6. The van der Waals surface area contributed by atoms with Gasteiger partial charge in [0, 0.05) is 5.56 Å². The van der Waals surface area contributed by atoms with E-state index in [9.17, 15) is 13.2 Å². The molecule has 3 aromatic carbocycles. The number of amides is 1. The van der Waals surface area contributed by atoms with Crippen molar-refractivity contribution in [1.82, 2.24) is 10.2 Å². The zero-order valence-corrected chi connectivity index (χ0v) is 25.5. The minimum Gasteiger partial charge on any atom is -0.497 e. The summed E-state index contributed by atoms with van der Waals surface area (Å²) in [4.78, 5) is 14.9. The number of halogens is 1. The monoisotopic (exact) mass is 618 g/mol. The summed E-state index contributed by atoms with van der Waals surface area (Å²) < 4.78 is 53.6. The van der Waals surface area contributed by atoms with E-state index in [1.165, 1.54) is 23.1 Å². The number of aromatic nitrogens is 2. The average Bonchev–Trinajstić information content (AvgIpc) is 3.44. The molecule has 1 aliphatic carbocycles. The number of methoxy groups -OCH3 is 1. The van der Waals surface area contributed by atoms with E-state index < -0.39 is 33.2 Å². The Balaban J connectivity index is 1.33. The molecule has 0 spiro atoms. The third-order valence-corrected chi connectivity index (χ3v) is 10.5. The van der Waals surface area contributed by atoms with E-state index in [-0.39, 0.29) is 28.9 Å². The number of ether oxygens (including phenoxy) is 1. The van der Waals surface area contributed by atoms with Crippen LogP contribution >= 0.6 is 0 Å². The topological polar surface area (TPSA) is 129 Å². The minimum absolute atomic E-state index is 0.0168. The summed E-state index contributed by atoms with van der Waals surface area (Å²) in [5, 5.41) is 8.17. The number of alkyl halides is 1. The highest BCUT2D eigenvalue weighted by molar-refractivity contribution is 7.91. The standard InChI is InChI=1S/C33H35FN4O5S/c1-21-4-3-16-33(34,17-15-21)32-37-36-30(43-32)25-11-14-29-28(18-25)38(31(39)27(35)20-44(29,40)41)19-22-5-7-23(8-6-22)24-9-12-26(42-2)13-10-24/h5-14,18,21,27H,3-4,15-17,19-20,35H2,1-2H3/t21?,27-,33?/m0/s1. The zero-order valence-electron chi connectivity index (χ0n) is 24.7. The molecule has 1 aliphatic heterocycles. The molecule has 9 nitrogen and oxygen atoms in total. The lowest BCUT2D eigenvalue weighted by Gasteiger charge is -2.24. The fourth-order valence-electron chi connectivity index (χ4n) is 5.98. The summed E-state index contributed by atoms with van der Waals surface area (Å²) in [7, 11) is -2.27. The molecule has 230 valence electrons. The summed E-state index contributed by atoms with van der Waals surface area (Å²) >= 11 is 0. The predicted octanol–water partition coefficient (Wildman–Crippen LogP) is 5.83. The van der Waals surface area contributed by atoms with E-state index in [0.29, 0.717) is 24.3 Å². The van der Waals surface area contributed by atoms with Crippen LogP contribution in [0.3, 0.4) is 0 Å². The fourth-order valence-corrected chi connectivity index (χ4v) is 7.54. The number of nitrogens with zero attached hydrogens (tertiary/aromatic N) is 3. The van der Waals surface area contributed by atoms with Crippen molar-refractivity contribution in [3.63, 3.8) is 0 Å². The van der Waals surface area contributed by atoms with Gasteiger partial charge in [0.15, 0.2) is 15.5 Å². The third-order valence-electron chi connectivity index (χ3n) is 8.64. The Morgan fingerprint density at radius 1 is 1.00 bits per heavy atom. The first-order valence-electron chi connectivity index (χ1n) is 14.8. The Kier molecular flexibility index (Phi) is 8.02. The van der Waals surface area contributed by atoms with Gasteiger partial charge in [-0.3, -0.25) is 4.79 Å². The van der Waals surface area contributed by atoms with Gasteiger partial charge in [-0.1, -0.05) is 49.7 Å². The van der Waals surface area contributed by atoms with E-state index >= 15 is 4.39 Å². The molecule has 0 radical (unpaired) electrons. The second-order valence-corrected chi connectivity index (χ2v) is 13.8. The highest BCUT2D eigenvalue weighted by Crippen LogP contribution is 2.42. The Hall–Kier alpha value is -4.09. The van der Waals surface area contributed by atoms with Crippen LogP contribution in [0.4, 0.5) is 10.1 Å². The largest absolute Gasteiger partial charge is 0.497 e. The van der Waals surface area contributed by atoms with Crippen LogP contribution in [0.1, 0.15) is 50.5 Å². The van der Waals surface area contributed by atoms with Gasteiger partial charge in [0.1, 0.15) is 5.75 Å². The van der Waals surface area contributed by atoms with E-state index in [1.807, 2.05) is 48.5 Å². The van der Waals surface area contributed by atoms with Crippen LogP contribution in [-0.4, -0.2) is 43.4 Å². The van der Waals surface area contributed by atoms with Gasteiger partial charge in [-0.2, -0.15) is 0 Å². The molecule has 2 N–H and O–H groups in total. The lowest BCUT2D eigenvalue weighted by molar-refractivity contribution is -0.119. The van der Waals surface area contributed by atoms with Crippen LogP contribution in [0.2, 0.25) is 0 Å². The maximum absolute atomic E-state index is 15.9. The molecular formula is C33H35FN4O5S. The van der Waals surface area contributed by atoms with Gasteiger partial charge in [-0.15, -0.1) is 10.2 Å². The minimum atomic E-state index is -3.89. The number of nitrogens with two attached hydrogens (primary N) is 1. The third kappa shape index (κ3) is 5.86. The van der Waals surface area contributed by atoms with Crippen molar-refractivity contribution in [3.8, 4) is 28.3 Å². The molecule has 4 aromatic rings. The van der Waals surface area contributed by atoms with Gasteiger partial charge in [-0.25, -0.2) is 12.8 Å². The number of benzene rings is 3. The Bertz CT molecular complexity index is 1770. The molecule has 1 aromatic heterocycles. The molecule has 2 heterocycles. The lowest BCUT2D eigenvalue weighted by atomic mass is 9.96. The molecule has 0 saturated heterocycles. The second-order valence-electron chi connectivity index (χ2n) is 11.8. The molecule has 1 fully saturated rings. The number of rotatable bonds is 6. The molecule has 11 heteroatoms. The van der Waals surface area contributed by atoms with Crippen LogP contribution in [-0.2, 0) is 26.8 Å². The first-order chi connectivity index (χ1) is 21.1. The van der Waals surface area contributed by atoms with E-state index in [1.54, 1.807) is 7.11 Å². The highest BCUT2D eigenvalue weighted by Gasteiger charge is 2.40. The Morgan fingerprint density at radius 3 is 2.39 bits per heavy atom. The van der Waals surface area contributed by atoms with Crippen molar-refractivity contribution < 1.29 is 26.8 Å². The fraction of sp³-hybridized carbons (Fsp3) is 0.364. The number of carbonyl (C=O) groups excluding carboxylic acids is 1. The number of anilines is 1. The van der Waals surface area contributed by atoms with Crippen molar-refractivity contribution >= 4 is 21.4 Å². The van der Waals surface area contributed by atoms with Gasteiger partial charge >= 0.3 is 0 Å². The molecule has 2 unspecified atom stereocenters. The highest BCUT2D eigenvalue weighted by atomic mass is 32.2. The molecule has 6 rings (SSSR count). The van der Waals surface area contributed by atoms with Crippen LogP contribution < -0.4 is 15.4 Å². The van der Waals surface area contributed by atoms with E-state index in [0.717, 1.165) is 41.7 Å². The number of carbonyl (C=O) groups is 1. The van der Waals surface area contributed by atoms with Crippen molar-refractivity contribution in [2.45, 2.75) is 62.2 Å². The van der Waals surface area contributed by atoms with E-state index in [4.69, 9.17) is 14.9 Å². The predicted molar refractivity (Wildman–Crippen MR) is 164 cm³/mol. The first kappa shape index (κ1) is 30.0. The molecule has 0 bridgehead atoms. The number of hydrogen-bond donors (Lipinski definition) is 1. The molecule has 2 aliphatic rings. The molecule has 1 amide bonds. The van der Waals surface area contributed by atoms with Crippen LogP contribution in [0.5, 0.6) is 5.75 Å². The number of sulfone groups is 1. The second kappa shape index (κ2) is 11.8. The van der Waals surface area contributed by atoms with Gasteiger partial charge in [0.05, 0.1) is 36.0 Å². The maximum Gasteiger partial charge on any atom is 0.254 e. The molecule has 3 atom stereocenters. The summed E-state index contributed by atoms with van der Waals surface area (Å²) in [5.41, 5.74) is 7.70. The van der Waals surface area contributed by atoms with Crippen molar-refractivity contribution in [3.05, 3.63) is 78.2 Å². The molecule has 44 heavy (non-hydrogen) atoms. The average molecular weight is 619 g/mol. The summed E-state index contributed by atoms with van der Waals surface area (Å²) in [5.74, 6) is 0.128. The molecular weight excluding hydrogens is 583 g/mol. The SMILES string of the molecule is COc1ccc(-c2ccc(CN3C(=O)[C@@H](N)CS(=O)(=O)c4ccc(-c5nnc(C6(F)CCCC(C)CC6)o5)cc43)cc2)cc1. The van der Waals surface area contributed by atoms with Crippen molar-refractivity contribution in [2.24, 2.45) is 11.7 Å². The first-order valence-corrected chi connectivity index (χ1v) is 16.4. The lowest BCUT2D eigenvalue weighted by Crippen LogP contribution is -2.45. The van der Waals surface area contributed by atoms with E-state index in [2.05, 4.69) is 17.1 Å². The normalized spacial score (nSPS) is 23.5. The van der Waals surface area contributed by atoms with Gasteiger partial charge in [-0.05, 0) is 78.6 Å². The zero-order chi connectivity index (χ0) is 31.1. The van der Waals surface area contributed by atoms with Crippen molar-refractivity contribution in [1.29, 1.82) is 0 Å². The Labute approximate surface area is 256 Å². The van der Waals surface area contributed by atoms with Crippen LogP contribution in [0, 0.1) is 5.92 Å². The van der Waals surface area contributed by atoms with Gasteiger partial charge < -0.3 is 19.8 Å². The quantitative estimate of drug-likeness (QED) is 0.268. The maximum atomic E-state index is 15.9. The number of fused-ring (bicyclic) bond motifs is 1. The van der Waals surface area contributed by atoms with Crippen LogP contribution in [0.15, 0.2) is 76.0 Å². The van der Waals surface area contributed by atoms with Gasteiger partial charge in [0.25, 0.3) is 5.89 Å². The van der Waals surface area contributed by atoms with Crippen molar-refractivity contribution in [2.75, 3.05) is 17.8 Å². The Morgan fingerprint density at radius 2 is 1.68 bits per heavy atom. The van der Waals surface area contributed by atoms with Crippen LogP contribution in [0.25, 0.3) is 22.6 Å². The smallest absolute Gasteiger partial charge is 0.254 e.